The number of aromatic carboxylic acids is 1. The Kier molecular flexibility index (Phi) is 1.98. The molecule has 1 rings (SSSR count). The van der Waals surface area contributed by atoms with Gasteiger partial charge < -0.3 is 9.52 Å². The van der Waals surface area contributed by atoms with Crippen LogP contribution in [0.4, 0.5) is 0 Å². The highest BCUT2D eigenvalue weighted by molar-refractivity contribution is 5.84. The number of carbonyl (C=O) groups is 1. The Morgan fingerprint density at radius 2 is 2.36 bits per heavy atom. The summed E-state index contributed by atoms with van der Waals surface area (Å²) in [6, 6.07) is 2.90. The lowest BCUT2D eigenvalue weighted by Crippen LogP contribution is -1.91. The molecule has 0 saturated heterocycles. The Hall–Kier alpha value is -1.69. The van der Waals surface area contributed by atoms with Gasteiger partial charge in [-0.05, 0) is 25.0 Å². The predicted octanol–water partition coefficient (Wildman–Crippen LogP) is 1.35. The third-order valence-corrected chi connectivity index (χ3v) is 1.06. The number of carboxylic acid groups (broad SMARTS) is 1. The van der Waals surface area contributed by atoms with Gasteiger partial charge in [0.1, 0.15) is 0 Å². The van der Waals surface area contributed by atoms with E-state index in [0.29, 0.717) is 5.76 Å². The summed E-state index contributed by atoms with van der Waals surface area (Å²) in [6.45, 7) is 1.66. The van der Waals surface area contributed by atoms with E-state index >= 15 is 0 Å². The predicted molar refractivity (Wildman–Crippen MR) is 38.2 cm³/mol. The van der Waals surface area contributed by atoms with Crippen LogP contribution in [-0.4, -0.2) is 11.1 Å². The van der Waals surface area contributed by atoms with Gasteiger partial charge in [-0.3, -0.25) is 0 Å². The molecule has 1 aromatic heterocycles. The first kappa shape index (κ1) is 7.42. The van der Waals surface area contributed by atoms with Gasteiger partial charge in [-0.15, -0.1) is 0 Å². The van der Waals surface area contributed by atoms with Crippen LogP contribution < -0.4 is 0 Å². The molecule has 0 unspecified atom stereocenters. The minimum absolute atomic E-state index is 0.0808. The third kappa shape index (κ3) is 1.62. The highest BCUT2D eigenvalue weighted by Gasteiger charge is 2.06. The summed E-state index contributed by atoms with van der Waals surface area (Å²) < 4.78 is 4.81. The van der Waals surface area contributed by atoms with Crippen LogP contribution in [0.15, 0.2) is 16.5 Å². The summed E-state index contributed by atoms with van der Waals surface area (Å²) in [7, 11) is 0. The number of hydrogen-bond donors (Lipinski definition) is 1. The lowest BCUT2D eigenvalue weighted by molar-refractivity contribution is 0.0662. The van der Waals surface area contributed by atoms with E-state index in [2.05, 4.69) is 11.8 Å². The van der Waals surface area contributed by atoms with Crippen molar-refractivity contribution in [1.29, 1.82) is 0 Å². The van der Waals surface area contributed by atoms with Gasteiger partial charge in [0, 0.05) is 0 Å². The minimum atomic E-state index is -1.07. The summed E-state index contributed by atoms with van der Waals surface area (Å²) >= 11 is 0. The molecule has 1 heterocycles. The van der Waals surface area contributed by atoms with E-state index in [0.717, 1.165) is 0 Å². The number of rotatable bonds is 1. The monoisotopic (exact) mass is 150 g/mol. The van der Waals surface area contributed by atoms with Gasteiger partial charge in [-0.1, -0.05) is 5.92 Å². The van der Waals surface area contributed by atoms with Crippen molar-refractivity contribution >= 4 is 5.97 Å². The highest BCUT2D eigenvalue weighted by Crippen LogP contribution is 2.05. The second-order valence-electron chi connectivity index (χ2n) is 1.84. The molecular formula is C8H6O3. The molecule has 0 atom stereocenters. The molecule has 0 amide bonds. The average Bonchev–Trinajstić information content (AvgIpc) is 2.37. The SMILES string of the molecule is CC#Cc1ccc(C(=O)O)o1. The highest BCUT2D eigenvalue weighted by atomic mass is 16.4. The first-order chi connectivity index (χ1) is 5.24. The molecule has 0 aliphatic carbocycles. The Balaban J connectivity index is 2.96. The standard InChI is InChI=1S/C8H6O3/c1-2-3-6-4-5-7(11-6)8(9)10/h4-5H,1H3,(H,9,10). The molecule has 56 valence electrons. The second-order valence-corrected chi connectivity index (χ2v) is 1.84. The average molecular weight is 150 g/mol. The van der Waals surface area contributed by atoms with E-state index in [9.17, 15) is 4.79 Å². The van der Waals surface area contributed by atoms with E-state index < -0.39 is 5.97 Å². The fourth-order valence-corrected chi connectivity index (χ4v) is 0.643. The van der Waals surface area contributed by atoms with Gasteiger partial charge in [0.15, 0.2) is 5.76 Å². The maximum absolute atomic E-state index is 10.3. The van der Waals surface area contributed by atoms with Crippen molar-refractivity contribution in [1.82, 2.24) is 0 Å². The third-order valence-electron chi connectivity index (χ3n) is 1.06. The van der Waals surface area contributed by atoms with Gasteiger partial charge in [0.25, 0.3) is 0 Å². The summed E-state index contributed by atoms with van der Waals surface area (Å²) in [5.74, 6) is 4.43. The van der Waals surface area contributed by atoms with Gasteiger partial charge >= 0.3 is 5.97 Å². The molecule has 0 aliphatic rings. The largest absolute Gasteiger partial charge is 0.475 e. The molecule has 0 saturated carbocycles. The van der Waals surface area contributed by atoms with Crippen LogP contribution in [0.5, 0.6) is 0 Å². The number of carboxylic acids is 1. The van der Waals surface area contributed by atoms with E-state index in [1.54, 1.807) is 6.92 Å². The Morgan fingerprint density at radius 3 is 2.82 bits per heavy atom. The quantitative estimate of drug-likeness (QED) is 0.614. The minimum Gasteiger partial charge on any atom is -0.475 e. The number of hydrogen-bond acceptors (Lipinski definition) is 2. The summed E-state index contributed by atoms with van der Waals surface area (Å²) in [4.78, 5) is 10.3. The van der Waals surface area contributed by atoms with Crippen molar-refractivity contribution in [2.24, 2.45) is 0 Å². The van der Waals surface area contributed by atoms with Crippen molar-refractivity contribution in [2.45, 2.75) is 6.92 Å². The first-order valence-corrected chi connectivity index (χ1v) is 3.00. The molecule has 0 spiro atoms. The molecule has 1 aromatic rings. The maximum Gasteiger partial charge on any atom is 0.371 e. The van der Waals surface area contributed by atoms with E-state index in [1.807, 2.05) is 0 Å². The zero-order valence-electron chi connectivity index (χ0n) is 5.92. The lowest BCUT2D eigenvalue weighted by atomic mass is 10.4. The van der Waals surface area contributed by atoms with Crippen LogP contribution in [0, 0.1) is 11.8 Å². The lowest BCUT2D eigenvalue weighted by Gasteiger charge is -1.82. The molecule has 0 fully saturated rings. The first-order valence-electron chi connectivity index (χ1n) is 3.00. The second kappa shape index (κ2) is 2.93. The zero-order valence-corrected chi connectivity index (χ0v) is 5.92. The van der Waals surface area contributed by atoms with Gasteiger partial charge in [0.2, 0.25) is 5.76 Å². The van der Waals surface area contributed by atoms with Crippen molar-refractivity contribution in [2.75, 3.05) is 0 Å². The van der Waals surface area contributed by atoms with Crippen LogP contribution in [0.25, 0.3) is 0 Å². The van der Waals surface area contributed by atoms with Crippen molar-refractivity contribution in [3.63, 3.8) is 0 Å². The smallest absolute Gasteiger partial charge is 0.371 e. The molecule has 3 nitrogen and oxygen atoms in total. The molecular weight excluding hydrogens is 144 g/mol. The van der Waals surface area contributed by atoms with Crippen molar-refractivity contribution < 1.29 is 14.3 Å². The topological polar surface area (TPSA) is 50.4 Å². The van der Waals surface area contributed by atoms with Crippen LogP contribution >= 0.6 is 0 Å². The van der Waals surface area contributed by atoms with Crippen LogP contribution in [0.1, 0.15) is 23.2 Å². The van der Waals surface area contributed by atoms with Crippen molar-refractivity contribution in [3.05, 3.63) is 23.7 Å². The summed E-state index contributed by atoms with van der Waals surface area (Å²) in [6.07, 6.45) is 0. The Morgan fingerprint density at radius 1 is 1.64 bits per heavy atom. The Bertz CT molecular complexity index is 325. The summed E-state index contributed by atoms with van der Waals surface area (Å²) in [5.41, 5.74) is 0. The zero-order chi connectivity index (χ0) is 8.27. The van der Waals surface area contributed by atoms with Gasteiger partial charge in [-0.25, -0.2) is 4.79 Å². The van der Waals surface area contributed by atoms with Gasteiger partial charge in [0.05, 0.1) is 0 Å². The van der Waals surface area contributed by atoms with Crippen molar-refractivity contribution in [3.8, 4) is 11.8 Å². The van der Waals surface area contributed by atoms with Crippen LogP contribution in [-0.2, 0) is 0 Å². The molecule has 3 heteroatoms. The fourth-order valence-electron chi connectivity index (χ4n) is 0.643. The molecule has 1 N–H and O–H groups in total. The van der Waals surface area contributed by atoms with E-state index in [4.69, 9.17) is 9.52 Å². The maximum atomic E-state index is 10.3. The van der Waals surface area contributed by atoms with Gasteiger partial charge in [-0.2, -0.15) is 0 Å². The van der Waals surface area contributed by atoms with E-state index in [-0.39, 0.29) is 5.76 Å². The molecule has 0 aromatic carbocycles. The molecule has 0 radical (unpaired) electrons. The fraction of sp³-hybridized carbons (Fsp3) is 0.125. The molecule has 11 heavy (non-hydrogen) atoms. The molecule has 0 bridgehead atoms. The Labute approximate surface area is 63.6 Å². The summed E-state index contributed by atoms with van der Waals surface area (Å²) in [5, 5.41) is 8.42. The number of furan rings is 1. The van der Waals surface area contributed by atoms with Crippen LogP contribution in [0.2, 0.25) is 0 Å². The van der Waals surface area contributed by atoms with E-state index in [1.165, 1.54) is 12.1 Å². The molecule has 0 aliphatic heterocycles. The normalized spacial score (nSPS) is 8.45. The van der Waals surface area contributed by atoms with Crippen LogP contribution in [0.3, 0.4) is 0 Å².